The standard InChI is InChI=1S/C60H52N2/c1-39(2)49-37-51-57(61(53-29-17-13-21-41(53)5)55-31-19-15-27-45(55)43-23-9-7-10-24-43)36-34-48-50(40(3)4)38-52-58(35-33-47(49)59(52)60(48)51)62(54-30-18-14-22-42(54)6)56-32-20-16-28-46(56)44-25-11-8-12-26-44/h7-40H,1-6H3. The minimum Gasteiger partial charge on any atom is -0.309 e. The Balaban J connectivity index is 1.35. The fourth-order valence-corrected chi connectivity index (χ4v) is 9.81. The van der Waals surface area contributed by atoms with Crippen LogP contribution in [0.4, 0.5) is 34.1 Å². The van der Waals surface area contributed by atoms with Crippen LogP contribution in [-0.2, 0) is 0 Å². The van der Waals surface area contributed by atoms with Gasteiger partial charge in [0.25, 0.3) is 0 Å². The summed E-state index contributed by atoms with van der Waals surface area (Å²) in [5.41, 5.74) is 16.9. The molecule has 0 heterocycles. The monoisotopic (exact) mass is 800 g/mol. The molecule has 0 aromatic heterocycles. The van der Waals surface area contributed by atoms with E-state index in [0.29, 0.717) is 11.8 Å². The van der Waals surface area contributed by atoms with E-state index in [1.165, 1.54) is 99.6 Å². The average molecular weight is 801 g/mol. The summed E-state index contributed by atoms with van der Waals surface area (Å²) in [6.07, 6.45) is 0. The highest BCUT2D eigenvalue weighted by Gasteiger charge is 2.28. The van der Waals surface area contributed by atoms with Crippen LogP contribution in [0, 0.1) is 13.8 Å². The Morgan fingerprint density at radius 1 is 0.306 bits per heavy atom. The molecule has 10 rings (SSSR count). The zero-order valence-corrected chi connectivity index (χ0v) is 36.5. The van der Waals surface area contributed by atoms with E-state index in [0.717, 1.165) is 11.4 Å². The predicted molar refractivity (Wildman–Crippen MR) is 268 cm³/mol. The average Bonchev–Trinajstić information content (AvgIpc) is 3.30. The van der Waals surface area contributed by atoms with Gasteiger partial charge in [-0.3, -0.25) is 0 Å². The molecule has 0 unspecified atom stereocenters. The first-order valence-corrected chi connectivity index (χ1v) is 22.1. The van der Waals surface area contributed by atoms with Gasteiger partial charge in [0.1, 0.15) is 0 Å². The third kappa shape index (κ3) is 6.59. The number of anilines is 6. The minimum absolute atomic E-state index is 0.292. The molecule has 302 valence electrons. The number of nitrogens with zero attached hydrogens (tertiary/aromatic N) is 2. The van der Waals surface area contributed by atoms with Gasteiger partial charge in [0.15, 0.2) is 0 Å². The molecule has 10 aromatic carbocycles. The summed E-state index contributed by atoms with van der Waals surface area (Å²) in [7, 11) is 0. The summed E-state index contributed by atoms with van der Waals surface area (Å²) in [6.45, 7) is 13.9. The molecule has 10 aromatic rings. The molecule has 0 N–H and O–H groups in total. The summed E-state index contributed by atoms with van der Waals surface area (Å²) in [4.78, 5) is 5.05. The lowest BCUT2D eigenvalue weighted by atomic mass is 9.82. The smallest absolute Gasteiger partial charge is 0.0541 e. The number of hydrogen-bond donors (Lipinski definition) is 0. The summed E-state index contributed by atoms with van der Waals surface area (Å²) < 4.78 is 0. The van der Waals surface area contributed by atoms with Crippen LogP contribution in [0.25, 0.3) is 54.6 Å². The van der Waals surface area contributed by atoms with Crippen molar-refractivity contribution in [3.8, 4) is 22.3 Å². The van der Waals surface area contributed by atoms with Crippen molar-refractivity contribution in [3.05, 3.63) is 216 Å². The molecular weight excluding hydrogens is 749 g/mol. The Hall–Kier alpha value is -7.16. The van der Waals surface area contributed by atoms with E-state index in [4.69, 9.17) is 0 Å². The molecule has 0 aliphatic carbocycles. The fraction of sp³-hybridized carbons (Fsp3) is 0.133. The van der Waals surface area contributed by atoms with Gasteiger partial charge in [-0.15, -0.1) is 0 Å². The number of para-hydroxylation sites is 4. The van der Waals surface area contributed by atoms with Gasteiger partial charge in [-0.25, -0.2) is 0 Å². The normalized spacial score (nSPS) is 11.7. The van der Waals surface area contributed by atoms with Crippen LogP contribution in [0.2, 0.25) is 0 Å². The number of hydrogen-bond acceptors (Lipinski definition) is 2. The maximum atomic E-state index is 2.53. The molecule has 0 aliphatic heterocycles. The number of rotatable bonds is 10. The number of aryl methyl sites for hydroxylation is 2. The molecule has 0 spiro atoms. The van der Waals surface area contributed by atoms with Gasteiger partial charge in [-0.1, -0.05) is 173 Å². The van der Waals surface area contributed by atoms with Gasteiger partial charge >= 0.3 is 0 Å². The summed E-state index contributed by atoms with van der Waals surface area (Å²) in [5.74, 6) is 0.583. The SMILES string of the molecule is Cc1ccccc1N(c1ccccc1-c1ccccc1)c1ccc2c(C(C)C)cc3c(N(c4ccccc4C)c4ccccc4-c4ccccc4)ccc4c(C(C)C)cc1c2c43. The van der Waals surface area contributed by atoms with Gasteiger partial charge in [0.2, 0.25) is 0 Å². The molecule has 0 bridgehead atoms. The molecule has 0 aliphatic rings. The molecule has 0 saturated heterocycles. The highest BCUT2D eigenvalue weighted by atomic mass is 15.2. The molecule has 2 nitrogen and oxygen atoms in total. The fourth-order valence-electron chi connectivity index (χ4n) is 9.81. The van der Waals surface area contributed by atoms with Crippen LogP contribution in [0.1, 0.15) is 61.8 Å². The van der Waals surface area contributed by atoms with Crippen molar-refractivity contribution in [2.75, 3.05) is 9.80 Å². The topological polar surface area (TPSA) is 6.48 Å². The molecule has 0 atom stereocenters. The van der Waals surface area contributed by atoms with E-state index in [2.05, 4.69) is 245 Å². The molecule has 0 amide bonds. The van der Waals surface area contributed by atoms with Crippen LogP contribution in [0.3, 0.4) is 0 Å². The lowest BCUT2D eigenvalue weighted by Crippen LogP contribution is -2.14. The summed E-state index contributed by atoms with van der Waals surface area (Å²) in [6, 6.07) is 71.8. The van der Waals surface area contributed by atoms with Gasteiger partial charge in [0, 0.05) is 33.3 Å². The van der Waals surface area contributed by atoms with Crippen molar-refractivity contribution < 1.29 is 0 Å². The van der Waals surface area contributed by atoms with Crippen molar-refractivity contribution in [1.82, 2.24) is 0 Å². The van der Waals surface area contributed by atoms with Crippen LogP contribution < -0.4 is 9.80 Å². The van der Waals surface area contributed by atoms with Crippen LogP contribution in [0.5, 0.6) is 0 Å². The van der Waals surface area contributed by atoms with Crippen molar-refractivity contribution in [1.29, 1.82) is 0 Å². The van der Waals surface area contributed by atoms with E-state index in [1.807, 2.05) is 0 Å². The van der Waals surface area contributed by atoms with Crippen LogP contribution in [-0.4, -0.2) is 0 Å². The predicted octanol–water partition coefficient (Wildman–Crippen LogP) is 17.7. The lowest BCUT2D eigenvalue weighted by molar-refractivity contribution is 0.876. The minimum atomic E-state index is 0.292. The molecular formula is C60H52N2. The van der Waals surface area contributed by atoms with Crippen molar-refractivity contribution >= 4 is 66.4 Å². The van der Waals surface area contributed by atoms with Crippen LogP contribution in [0.15, 0.2) is 194 Å². The van der Waals surface area contributed by atoms with E-state index < -0.39 is 0 Å². The quantitative estimate of drug-likeness (QED) is 0.127. The Morgan fingerprint density at radius 3 is 1.02 bits per heavy atom. The Kier molecular flexibility index (Phi) is 10.1. The number of benzene rings is 10. The van der Waals surface area contributed by atoms with Crippen molar-refractivity contribution in [2.45, 2.75) is 53.4 Å². The first-order valence-electron chi connectivity index (χ1n) is 22.1. The Bertz CT molecular complexity index is 3000. The zero-order chi connectivity index (χ0) is 42.5. The second-order valence-electron chi connectivity index (χ2n) is 17.4. The largest absolute Gasteiger partial charge is 0.309 e. The maximum Gasteiger partial charge on any atom is 0.0541 e. The van der Waals surface area contributed by atoms with Crippen LogP contribution >= 0.6 is 0 Å². The van der Waals surface area contributed by atoms with E-state index in [9.17, 15) is 0 Å². The van der Waals surface area contributed by atoms with E-state index in [-0.39, 0.29) is 0 Å². The van der Waals surface area contributed by atoms with Crippen molar-refractivity contribution in [2.24, 2.45) is 0 Å². The summed E-state index contributed by atoms with van der Waals surface area (Å²) in [5, 5.41) is 7.81. The second kappa shape index (κ2) is 16.0. The first-order chi connectivity index (χ1) is 30.3. The highest BCUT2D eigenvalue weighted by Crippen LogP contribution is 2.53. The molecule has 62 heavy (non-hydrogen) atoms. The van der Waals surface area contributed by atoms with Crippen molar-refractivity contribution in [3.63, 3.8) is 0 Å². The molecule has 0 saturated carbocycles. The van der Waals surface area contributed by atoms with Gasteiger partial charge < -0.3 is 9.80 Å². The Labute approximate surface area is 366 Å². The van der Waals surface area contributed by atoms with E-state index in [1.54, 1.807) is 0 Å². The zero-order valence-electron chi connectivity index (χ0n) is 36.5. The van der Waals surface area contributed by atoms with Gasteiger partial charge in [-0.2, -0.15) is 0 Å². The first kappa shape index (κ1) is 39.0. The lowest BCUT2D eigenvalue weighted by Gasteiger charge is -2.33. The maximum absolute atomic E-state index is 2.53. The highest BCUT2D eigenvalue weighted by molar-refractivity contribution is 6.30. The third-order valence-corrected chi connectivity index (χ3v) is 12.8. The molecule has 0 radical (unpaired) electrons. The van der Waals surface area contributed by atoms with Gasteiger partial charge in [0.05, 0.1) is 22.7 Å². The van der Waals surface area contributed by atoms with E-state index >= 15 is 0 Å². The Morgan fingerprint density at radius 2 is 0.645 bits per heavy atom. The molecule has 0 fully saturated rings. The van der Waals surface area contributed by atoms with Gasteiger partial charge in [-0.05, 0) is 129 Å². The third-order valence-electron chi connectivity index (χ3n) is 12.8. The summed E-state index contributed by atoms with van der Waals surface area (Å²) >= 11 is 0. The molecule has 2 heteroatoms. The second-order valence-corrected chi connectivity index (χ2v) is 17.4.